The first kappa shape index (κ1) is 21.9. The van der Waals surface area contributed by atoms with Gasteiger partial charge in [0.2, 0.25) is 0 Å². The molecule has 6 nitrogen and oxygen atoms in total. The zero-order valence-corrected chi connectivity index (χ0v) is 20.0. The van der Waals surface area contributed by atoms with E-state index >= 15 is 0 Å². The lowest BCUT2D eigenvalue weighted by Crippen LogP contribution is -2.73. The molecule has 0 aromatic heterocycles. The predicted octanol–water partition coefficient (Wildman–Crippen LogP) is 3.60. The third-order valence-corrected chi connectivity index (χ3v) is 8.54. The van der Waals surface area contributed by atoms with Gasteiger partial charge in [0.05, 0.1) is 31.0 Å². The van der Waals surface area contributed by atoms with Crippen LogP contribution in [-0.4, -0.2) is 61.6 Å². The van der Waals surface area contributed by atoms with Gasteiger partial charge in [-0.3, -0.25) is 0 Å². The molecule has 2 aliphatic heterocycles. The molecule has 0 aromatic carbocycles. The number of fused-ring (bicyclic) bond motifs is 3. The maximum absolute atomic E-state index is 12.0. The fourth-order valence-electron chi connectivity index (χ4n) is 6.41. The lowest BCUT2D eigenvalue weighted by Gasteiger charge is -2.64. The maximum atomic E-state index is 12.0. The lowest BCUT2D eigenvalue weighted by atomic mass is 9.48. The largest absolute Gasteiger partial charge is 0.411 e. The van der Waals surface area contributed by atoms with Crippen molar-refractivity contribution < 1.29 is 28.5 Å². The van der Waals surface area contributed by atoms with Crippen molar-refractivity contribution in [1.29, 1.82) is 0 Å². The van der Waals surface area contributed by atoms with Gasteiger partial charge < -0.3 is 28.5 Å². The van der Waals surface area contributed by atoms with E-state index in [4.69, 9.17) is 23.4 Å². The summed E-state index contributed by atoms with van der Waals surface area (Å²) in [5, 5.41) is 12.0. The summed E-state index contributed by atoms with van der Waals surface area (Å²) in [6, 6.07) is 0. The first-order valence-corrected chi connectivity index (χ1v) is 14.3. The summed E-state index contributed by atoms with van der Waals surface area (Å²) in [6.07, 6.45) is 2.96. The minimum Gasteiger partial charge on any atom is -0.411 e. The van der Waals surface area contributed by atoms with Crippen LogP contribution in [0.2, 0.25) is 19.6 Å². The molecular formula is C22H38O6Si. The van der Waals surface area contributed by atoms with Gasteiger partial charge in [-0.2, -0.15) is 0 Å². The van der Waals surface area contributed by atoms with E-state index in [0.717, 1.165) is 0 Å². The Labute approximate surface area is 176 Å². The molecule has 29 heavy (non-hydrogen) atoms. The van der Waals surface area contributed by atoms with Crippen molar-refractivity contribution >= 4 is 8.32 Å². The topological polar surface area (TPSA) is 66.4 Å². The van der Waals surface area contributed by atoms with Gasteiger partial charge >= 0.3 is 0 Å². The van der Waals surface area contributed by atoms with Crippen molar-refractivity contribution in [2.45, 2.75) is 102 Å². The molecule has 0 unspecified atom stereocenters. The normalized spacial score (nSPS) is 48.3. The molecular weight excluding hydrogens is 388 g/mol. The van der Waals surface area contributed by atoms with E-state index in [2.05, 4.69) is 40.1 Å². The van der Waals surface area contributed by atoms with E-state index in [9.17, 15) is 5.11 Å². The highest BCUT2D eigenvalue weighted by molar-refractivity contribution is 6.69. The molecule has 2 saturated carbocycles. The Kier molecular flexibility index (Phi) is 4.82. The van der Waals surface area contributed by atoms with Crippen molar-refractivity contribution in [2.75, 3.05) is 13.2 Å². The van der Waals surface area contributed by atoms with Gasteiger partial charge in [0, 0.05) is 17.8 Å². The van der Waals surface area contributed by atoms with Crippen molar-refractivity contribution in [2.24, 2.45) is 11.3 Å². The third kappa shape index (κ3) is 3.20. The Morgan fingerprint density at radius 1 is 1.03 bits per heavy atom. The molecule has 1 N–H and O–H groups in total. The fraction of sp³-hybridized carbons (Fsp3) is 0.909. The van der Waals surface area contributed by atoms with E-state index in [1.165, 1.54) is 0 Å². The second-order valence-corrected chi connectivity index (χ2v) is 15.7. The van der Waals surface area contributed by atoms with Crippen LogP contribution in [0.5, 0.6) is 0 Å². The Morgan fingerprint density at radius 2 is 1.66 bits per heavy atom. The first-order chi connectivity index (χ1) is 13.2. The van der Waals surface area contributed by atoms with Crippen LogP contribution in [0.4, 0.5) is 0 Å². The Hall–Kier alpha value is -0.283. The molecule has 4 aliphatic rings. The number of rotatable bonds is 3. The highest BCUT2D eigenvalue weighted by Crippen LogP contribution is 2.66. The number of ether oxygens (including phenoxy) is 4. The van der Waals surface area contributed by atoms with Gasteiger partial charge in [0.25, 0.3) is 0 Å². The van der Waals surface area contributed by atoms with Crippen LogP contribution in [0.25, 0.3) is 0 Å². The average Bonchev–Trinajstić information content (AvgIpc) is 3.12. The van der Waals surface area contributed by atoms with Crippen molar-refractivity contribution in [3.63, 3.8) is 0 Å². The Balaban J connectivity index is 1.81. The molecule has 0 amide bonds. The molecule has 7 heteroatoms. The summed E-state index contributed by atoms with van der Waals surface area (Å²) >= 11 is 0. The molecule has 166 valence electrons. The molecule has 6 atom stereocenters. The maximum Gasteiger partial charge on any atom is 0.184 e. The number of aliphatic hydroxyl groups is 1. The zero-order valence-electron chi connectivity index (χ0n) is 19.0. The van der Waals surface area contributed by atoms with Gasteiger partial charge in [-0.05, 0) is 53.3 Å². The molecule has 0 radical (unpaired) electrons. The summed E-state index contributed by atoms with van der Waals surface area (Å²) in [4.78, 5) is 0. The number of hydrogen-bond donors (Lipinski definition) is 1. The quantitative estimate of drug-likeness (QED) is 0.549. The third-order valence-electron chi connectivity index (χ3n) is 7.55. The van der Waals surface area contributed by atoms with Gasteiger partial charge in [0.1, 0.15) is 5.60 Å². The van der Waals surface area contributed by atoms with Crippen LogP contribution in [0.15, 0.2) is 12.7 Å². The Bertz CT molecular complexity index is 683. The highest BCUT2D eigenvalue weighted by atomic mass is 28.4. The molecule has 1 spiro atoms. The predicted molar refractivity (Wildman–Crippen MR) is 112 cm³/mol. The second kappa shape index (κ2) is 6.37. The van der Waals surface area contributed by atoms with Crippen LogP contribution in [-0.2, 0) is 23.4 Å². The Morgan fingerprint density at radius 3 is 2.21 bits per heavy atom. The second-order valence-electron chi connectivity index (χ2n) is 11.3. The van der Waals surface area contributed by atoms with Gasteiger partial charge in [-0.25, -0.2) is 0 Å². The molecule has 4 rings (SSSR count). The SMILES string of the molecule is C=C[C@]1(O)[C@H](O[Si](C)(C)C)CC2(OCCO2)[C@@]2(C)C[C@@H]3OC(C)(C)O[C@]3(C)C[C@@H]12. The van der Waals surface area contributed by atoms with Gasteiger partial charge in [-0.15, -0.1) is 6.58 Å². The van der Waals surface area contributed by atoms with Gasteiger partial charge in [-0.1, -0.05) is 13.0 Å². The zero-order chi connectivity index (χ0) is 21.5. The molecule has 4 fully saturated rings. The molecule has 0 bridgehead atoms. The van der Waals surface area contributed by atoms with Crippen LogP contribution in [0, 0.1) is 11.3 Å². The standard InChI is InChI=1S/C22H38O6Si/c1-9-21(23)15-12-20(5)16(26-18(2,3)28-20)13-19(15,4)22(24-10-11-25-22)14-17(21)27-29(6,7)8/h9,15-17,23H,1,10-14H2,2-8H3/t15-,16+,17-,19+,20-,21-/m1/s1. The molecule has 2 heterocycles. The van der Waals surface area contributed by atoms with Gasteiger partial charge in [0.15, 0.2) is 19.9 Å². The van der Waals surface area contributed by atoms with Crippen LogP contribution in [0.1, 0.15) is 47.0 Å². The lowest BCUT2D eigenvalue weighted by molar-refractivity contribution is -0.336. The average molecular weight is 427 g/mol. The van der Waals surface area contributed by atoms with Crippen LogP contribution < -0.4 is 0 Å². The van der Waals surface area contributed by atoms with E-state index in [-0.39, 0.29) is 12.0 Å². The molecule has 2 aliphatic carbocycles. The monoisotopic (exact) mass is 426 g/mol. The minimum absolute atomic E-state index is 0.0908. The minimum atomic E-state index is -1.94. The number of hydrogen-bond acceptors (Lipinski definition) is 6. The summed E-state index contributed by atoms with van der Waals surface area (Å²) < 4.78 is 31.9. The van der Waals surface area contributed by atoms with E-state index in [0.29, 0.717) is 32.5 Å². The summed E-state index contributed by atoms with van der Waals surface area (Å²) in [7, 11) is -1.94. The fourth-order valence-corrected chi connectivity index (χ4v) is 7.53. The van der Waals surface area contributed by atoms with Crippen LogP contribution >= 0.6 is 0 Å². The smallest absolute Gasteiger partial charge is 0.184 e. The van der Waals surface area contributed by atoms with E-state index < -0.39 is 42.6 Å². The highest BCUT2D eigenvalue weighted by Gasteiger charge is 2.73. The van der Waals surface area contributed by atoms with Crippen molar-refractivity contribution in [3.05, 3.63) is 12.7 Å². The molecule has 0 aromatic rings. The van der Waals surface area contributed by atoms with E-state index in [1.54, 1.807) is 6.08 Å². The summed E-state index contributed by atoms with van der Waals surface area (Å²) in [6.45, 7) is 19.8. The summed E-state index contributed by atoms with van der Waals surface area (Å²) in [5.41, 5.74) is -2.15. The van der Waals surface area contributed by atoms with Crippen molar-refractivity contribution in [3.8, 4) is 0 Å². The summed E-state index contributed by atoms with van der Waals surface area (Å²) in [5.74, 6) is -1.65. The van der Waals surface area contributed by atoms with Crippen LogP contribution in [0.3, 0.4) is 0 Å². The first-order valence-electron chi connectivity index (χ1n) is 10.9. The molecule has 2 saturated heterocycles. The van der Waals surface area contributed by atoms with E-state index in [1.807, 2.05) is 13.8 Å². The van der Waals surface area contributed by atoms with Crippen molar-refractivity contribution in [1.82, 2.24) is 0 Å².